The first-order valence-electron chi connectivity index (χ1n) is 8.81. The van der Waals surface area contributed by atoms with Gasteiger partial charge in [0.15, 0.2) is 0 Å². The minimum atomic E-state index is -0.396. The molecular formula is C19H30FN3O2. The lowest BCUT2D eigenvalue weighted by molar-refractivity contribution is 0.0778. The molecule has 0 bridgehead atoms. The largest absolute Gasteiger partial charge is 0.396 e. The molecule has 25 heavy (non-hydrogen) atoms. The molecule has 2 atom stereocenters. The standard InChI is InChI=1S/C19H30FN3O2/c1-14-5-6-17(20)9-18(14)19(25)23-11-15(16(12-23)13-24)10-22(4)8-7-21(2)3/h5-6,9,15-16,24H,7-8,10-13H2,1-4H3/t15-,16-/m1/s1. The van der Waals surface area contributed by atoms with Crippen molar-refractivity contribution in [3.8, 4) is 0 Å². The molecule has 1 aliphatic heterocycles. The number of hydrogen-bond donors (Lipinski definition) is 1. The van der Waals surface area contributed by atoms with Crippen LogP contribution in [0, 0.1) is 24.6 Å². The van der Waals surface area contributed by atoms with Gasteiger partial charge in [0.05, 0.1) is 0 Å². The molecule has 0 saturated carbocycles. The summed E-state index contributed by atoms with van der Waals surface area (Å²) < 4.78 is 13.5. The molecular weight excluding hydrogens is 321 g/mol. The van der Waals surface area contributed by atoms with Gasteiger partial charge in [0, 0.05) is 50.8 Å². The zero-order chi connectivity index (χ0) is 18.6. The van der Waals surface area contributed by atoms with E-state index < -0.39 is 5.82 Å². The molecule has 0 unspecified atom stereocenters. The molecule has 1 saturated heterocycles. The van der Waals surface area contributed by atoms with Crippen LogP contribution in [0.2, 0.25) is 0 Å². The summed E-state index contributed by atoms with van der Waals surface area (Å²) in [5, 5.41) is 9.71. The number of nitrogens with zero attached hydrogens (tertiary/aromatic N) is 3. The van der Waals surface area contributed by atoms with Crippen molar-refractivity contribution in [2.45, 2.75) is 6.92 Å². The second kappa shape index (κ2) is 8.74. The van der Waals surface area contributed by atoms with Gasteiger partial charge in [-0.1, -0.05) is 6.07 Å². The Kier molecular flexibility index (Phi) is 6.93. The molecule has 1 aromatic rings. The molecule has 2 rings (SSSR count). The van der Waals surface area contributed by atoms with Crippen LogP contribution in [0.25, 0.3) is 0 Å². The van der Waals surface area contributed by atoms with Gasteiger partial charge in [-0.3, -0.25) is 4.79 Å². The van der Waals surface area contributed by atoms with E-state index in [0.29, 0.717) is 18.7 Å². The summed E-state index contributed by atoms with van der Waals surface area (Å²) in [5.74, 6) is -0.240. The number of benzene rings is 1. The fourth-order valence-electron chi connectivity index (χ4n) is 3.38. The van der Waals surface area contributed by atoms with Crippen molar-refractivity contribution in [3.05, 3.63) is 35.1 Å². The number of amides is 1. The SMILES string of the molecule is Cc1ccc(F)cc1C(=O)N1C[C@@H](CN(C)CCN(C)C)[C@@H](CO)C1. The summed E-state index contributed by atoms with van der Waals surface area (Å²) in [6.07, 6.45) is 0. The summed E-state index contributed by atoms with van der Waals surface area (Å²) in [7, 11) is 6.16. The number of halogens is 1. The molecule has 1 aliphatic rings. The van der Waals surface area contributed by atoms with Gasteiger partial charge in [0.25, 0.3) is 5.91 Å². The second-order valence-electron chi connectivity index (χ2n) is 7.44. The van der Waals surface area contributed by atoms with E-state index in [4.69, 9.17) is 0 Å². The molecule has 140 valence electrons. The molecule has 0 radical (unpaired) electrons. The summed E-state index contributed by atoms with van der Waals surface area (Å²) in [4.78, 5) is 18.9. The molecule has 5 nitrogen and oxygen atoms in total. The monoisotopic (exact) mass is 351 g/mol. The van der Waals surface area contributed by atoms with E-state index in [1.807, 2.05) is 21.0 Å². The highest BCUT2D eigenvalue weighted by Gasteiger charge is 2.36. The predicted octanol–water partition coefficient (Wildman–Crippen LogP) is 1.31. The van der Waals surface area contributed by atoms with Crippen LogP contribution < -0.4 is 0 Å². The van der Waals surface area contributed by atoms with Crippen molar-refractivity contribution >= 4 is 5.91 Å². The van der Waals surface area contributed by atoms with Gasteiger partial charge < -0.3 is 19.8 Å². The third-order valence-corrected chi connectivity index (χ3v) is 5.00. The number of likely N-dealkylation sites (tertiary alicyclic amines) is 1. The number of aliphatic hydroxyl groups excluding tert-OH is 1. The number of aryl methyl sites for hydroxylation is 1. The lowest BCUT2D eigenvalue weighted by Crippen LogP contribution is -2.35. The van der Waals surface area contributed by atoms with Crippen molar-refractivity contribution in [2.24, 2.45) is 11.8 Å². The molecule has 1 fully saturated rings. The first kappa shape index (κ1) is 19.8. The number of hydrogen-bond acceptors (Lipinski definition) is 4. The zero-order valence-corrected chi connectivity index (χ0v) is 15.7. The minimum Gasteiger partial charge on any atom is -0.396 e. The Morgan fingerprint density at radius 3 is 2.56 bits per heavy atom. The average Bonchev–Trinajstić information content (AvgIpc) is 2.97. The lowest BCUT2D eigenvalue weighted by Gasteiger charge is -2.25. The van der Waals surface area contributed by atoms with E-state index in [0.717, 1.165) is 25.2 Å². The first-order chi connectivity index (χ1) is 11.8. The van der Waals surface area contributed by atoms with Crippen LogP contribution >= 0.6 is 0 Å². The van der Waals surface area contributed by atoms with E-state index >= 15 is 0 Å². The average molecular weight is 351 g/mol. The molecule has 1 amide bonds. The minimum absolute atomic E-state index is 0.0676. The number of carbonyl (C=O) groups is 1. The van der Waals surface area contributed by atoms with E-state index in [9.17, 15) is 14.3 Å². The Morgan fingerprint density at radius 1 is 1.24 bits per heavy atom. The fourth-order valence-corrected chi connectivity index (χ4v) is 3.38. The van der Waals surface area contributed by atoms with E-state index in [-0.39, 0.29) is 24.3 Å². The molecule has 0 aliphatic carbocycles. The van der Waals surface area contributed by atoms with Crippen LogP contribution in [-0.2, 0) is 0 Å². The van der Waals surface area contributed by atoms with Crippen LogP contribution in [0.5, 0.6) is 0 Å². The number of likely N-dealkylation sites (N-methyl/N-ethyl adjacent to an activating group) is 2. The first-order valence-corrected chi connectivity index (χ1v) is 8.81. The highest BCUT2D eigenvalue weighted by atomic mass is 19.1. The van der Waals surface area contributed by atoms with Gasteiger partial charge >= 0.3 is 0 Å². The van der Waals surface area contributed by atoms with Gasteiger partial charge in [-0.05, 0) is 51.7 Å². The van der Waals surface area contributed by atoms with Crippen molar-refractivity contribution in [3.63, 3.8) is 0 Å². The van der Waals surface area contributed by atoms with Gasteiger partial charge in [0.1, 0.15) is 5.82 Å². The van der Waals surface area contributed by atoms with Crippen LogP contribution in [0.15, 0.2) is 18.2 Å². The van der Waals surface area contributed by atoms with Crippen molar-refractivity contribution in [1.29, 1.82) is 0 Å². The molecule has 0 spiro atoms. The Morgan fingerprint density at radius 2 is 1.92 bits per heavy atom. The lowest BCUT2D eigenvalue weighted by atomic mass is 9.96. The van der Waals surface area contributed by atoms with Gasteiger partial charge in [-0.15, -0.1) is 0 Å². The zero-order valence-electron chi connectivity index (χ0n) is 15.7. The normalized spacial score (nSPS) is 20.7. The molecule has 6 heteroatoms. The summed E-state index contributed by atoms with van der Waals surface area (Å²) in [6.45, 7) is 5.77. The van der Waals surface area contributed by atoms with Gasteiger partial charge in [0.2, 0.25) is 0 Å². The maximum atomic E-state index is 13.5. The van der Waals surface area contributed by atoms with Crippen LogP contribution in [-0.4, -0.2) is 86.2 Å². The van der Waals surface area contributed by atoms with Crippen molar-refractivity contribution in [2.75, 3.05) is 60.5 Å². The van der Waals surface area contributed by atoms with Crippen LogP contribution in [0.1, 0.15) is 15.9 Å². The van der Waals surface area contributed by atoms with Crippen LogP contribution in [0.4, 0.5) is 4.39 Å². The Balaban J connectivity index is 2.02. The van der Waals surface area contributed by atoms with E-state index in [2.05, 4.69) is 16.8 Å². The number of aliphatic hydroxyl groups is 1. The Hall–Kier alpha value is -1.50. The van der Waals surface area contributed by atoms with E-state index in [1.54, 1.807) is 11.0 Å². The summed E-state index contributed by atoms with van der Waals surface area (Å²) in [6, 6.07) is 4.31. The molecule has 1 heterocycles. The van der Waals surface area contributed by atoms with Crippen molar-refractivity contribution in [1.82, 2.24) is 14.7 Å². The second-order valence-corrected chi connectivity index (χ2v) is 7.44. The van der Waals surface area contributed by atoms with Gasteiger partial charge in [-0.2, -0.15) is 0 Å². The topological polar surface area (TPSA) is 47.0 Å². The van der Waals surface area contributed by atoms with Crippen molar-refractivity contribution < 1.29 is 14.3 Å². The molecule has 0 aromatic heterocycles. The quantitative estimate of drug-likeness (QED) is 0.805. The highest BCUT2D eigenvalue weighted by Crippen LogP contribution is 2.26. The maximum absolute atomic E-state index is 13.5. The number of rotatable bonds is 7. The van der Waals surface area contributed by atoms with Gasteiger partial charge in [-0.25, -0.2) is 4.39 Å². The summed E-state index contributed by atoms with van der Waals surface area (Å²) >= 11 is 0. The van der Waals surface area contributed by atoms with Crippen LogP contribution in [0.3, 0.4) is 0 Å². The fraction of sp³-hybridized carbons (Fsp3) is 0.632. The highest BCUT2D eigenvalue weighted by molar-refractivity contribution is 5.95. The molecule has 1 N–H and O–H groups in total. The Labute approximate surface area is 150 Å². The maximum Gasteiger partial charge on any atom is 0.254 e. The Bertz CT molecular complexity index is 594. The smallest absolute Gasteiger partial charge is 0.254 e. The third-order valence-electron chi connectivity index (χ3n) is 5.00. The third kappa shape index (κ3) is 5.23. The predicted molar refractivity (Wildman–Crippen MR) is 97.2 cm³/mol. The summed E-state index contributed by atoms with van der Waals surface area (Å²) in [5.41, 5.74) is 1.19. The number of carbonyl (C=O) groups excluding carboxylic acids is 1. The van der Waals surface area contributed by atoms with E-state index in [1.165, 1.54) is 12.1 Å². The molecule has 1 aromatic carbocycles.